The molecule has 0 spiro atoms. The number of carbonyl (C=O) groups is 2. The fourth-order valence-corrected chi connectivity index (χ4v) is 4.15. The summed E-state index contributed by atoms with van der Waals surface area (Å²) < 4.78 is 0. The normalized spacial score (nSPS) is 23.3. The Kier molecular flexibility index (Phi) is 6.02. The monoisotopic (exact) mass is 361 g/mol. The first kappa shape index (κ1) is 18.3. The molecule has 2 amide bonds. The van der Waals surface area contributed by atoms with Crippen molar-refractivity contribution in [2.75, 3.05) is 37.3 Å². The van der Waals surface area contributed by atoms with E-state index < -0.39 is 0 Å². The number of nitrogens with zero attached hydrogens (tertiary/aromatic N) is 2. The standard InChI is InChI=1S/C19H27N3O2S/c1-3-10-21(16-8-9-20-12-16)19(24)14-11-18(23)22(13-14)15-4-6-17(25-2)7-5-15/h4-7,14,16,20H,3,8-13H2,1-2H3. The van der Waals surface area contributed by atoms with Crippen LogP contribution in [0.2, 0.25) is 0 Å². The summed E-state index contributed by atoms with van der Waals surface area (Å²) in [5.74, 6) is -0.0248. The van der Waals surface area contributed by atoms with Gasteiger partial charge in [-0.25, -0.2) is 0 Å². The molecule has 0 bridgehead atoms. The lowest BCUT2D eigenvalue weighted by molar-refractivity contribution is -0.137. The zero-order valence-corrected chi connectivity index (χ0v) is 15.8. The van der Waals surface area contributed by atoms with Gasteiger partial charge >= 0.3 is 0 Å². The summed E-state index contributed by atoms with van der Waals surface area (Å²) in [5.41, 5.74) is 0.891. The zero-order valence-electron chi connectivity index (χ0n) is 15.0. The van der Waals surface area contributed by atoms with Crippen molar-refractivity contribution in [3.8, 4) is 0 Å². The van der Waals surface area contributed by atoms with E-state index >= 15 is 0 Å². The molecular weight excluding hydrogens is 334 g/mol. The third-order valence-electron chi connectivity index (χ3n) is 5.08. The van der Waals surface area contributed by atoms with Gasteiger partial charge in [-0.3, -0.25) is 9.59 Å². The maximum atomic E-state index is 13.1. The van der Waals surface area contributed by atoms with Crippen LogP contribution < -0.4 is 10.2 Å². The first-order chi connectivity index (χ1) is 12.1. The Bertz CT molecular complexity index is 614. The summed E-state index contributed by atoms with van der Waals surface area (Å²) >= 11 is 1.68. The molecule has 5 nitrogen and oxygen atoms in total. The SMILES string of the molecule is CCCN(C(=O)C1CC(=O)N(c2ccc(SC)cc2)C1)C1CCNC1. The minimum absolute atomic E-state index is 0.0521. The minimum atomic E-state index is -0.222. The molecule has 3 rings (SSSR count). The summed E-state index contributed by atoms with van der Waals surface area (Å²) in [5, 5.41) is 3.34. The van der Waals surface area contributed by atoms with Crippen LogP contribution in [0.25, 0.3) is 0 Å². The van der Waals surface area contributed by atoms with E-state index in [0.717, 1.165) is 38.2 Å². The van der Waals surface area contributed by atoms with E-state index in [9.17, 15) is 9.59 Å². The van der Waals surface area contributed by atoms with Crippen molar-refractivity contribution in [2.24, 2.45) is 5.92 Å². The van der Waals surface area contributed by atoms with E-state index in [-0.39, 0.29) is 23.8 Å². The van der Waals surface area contributed by atoms with Crippen molar-refractivity contribution in [2.45, 2.75) is 37.1 Å². The van der Waals surface area contributed by atoms with Crippen LogP contribution in [-0.4, -0.2) is 55.2 Å². The number of rotatable bonds is 6. The maximum Gasteiger partial charge on any atom is 0.228 e. The van der Waals surface area contributed by atoms with Crippen LogP contribution >= 0.6 is 11.8 Å². The Balaban J connectivity index is 1.70. The second kappa shape index (κ2) is 8.23. The van der Waals surface area contributed by atoms with Crippen LogP contribution in [-0.2, 0) is 9.59 Å². The molecule has 0 radical (unpaired) electrons. The molecule has 0 aromatic heterocycles. The van der Waals surface area contributed by atoms with Gasteiger partial charge in [-0.2, -0.15) is 0 Å². The summed E-state index contributed by atoms with van der Waals surface area (Å²) in [6.07, 6.45) is 4.31. The Morgan fingerprint density at radius 2 is 2.12 bits per heavy atom. The Morgan fingerprint density at radius 1 is 1.36 bits per heavy atom. The molecule has 2 aliphatic rings. The Hall–Kier alpha value is -1.53. The molecule has 6 heteroatoms. The quantitative estimate of drug-likeness (QED) is 0.791. The second-order valence-electron chi connectivity index (χ2n) is 6.78. The Morgan fingerprint density at radius 3 is 2.72 bits per heavy atom. The molecule has 2 aliphatic heterocycles. The highest BCUT2D eigenvalue weighted by atomic mass is 32.2. The fourth-order valence-electron chi connectivity index (χ4n) is 3.74. The van der Waals surface area contributed by atoms with Crippen molar-refractivity contribution in [1.29, 1.82) is 0 Å². The molecule has 2 saturated heterocycles. The van der Waals surface area contributed by atoms with Crippen molar-refractivity contribution in [3.63, 3.8) is 0 Å². The summed E-state index contributed by atoms with van der Waals surface area (Å²) in [6.45, 7) is 5.21. The lowest BCUT2D eigenvalue weighted by Crippen LogP contribution is -2.45. The number of nitrogens with one attached hydrogen (secondary N) is 1. The van der Waals surface area contributed by atoms with Gasteiger partial charge in [0, 0.05) is 42.7 Å². The van der Waals surface area contributed by atoms with Gasteiger partial charge in [-0.15, -0.1) is 11.8 Å². The maximum absolute atomic E-state index is 13.1. The van der Waals surface area contributed by atoms with Crippen molar-refractivity contribution in [3.05, 3.63) is 24.3 Å². The van der Waals surface area contributed by atoms with Gasteiger partial charge in [0.1, 0.15) is 0 Å². The second-order valence-corrected chi connectivity index (χ2v) is 7.66. The van der Waals surface area contributed by atoms with Gasteiger partial charge in [0.2, 0.25) is 11.8 Å². The smallest absolute Gasteiger partial charge is 0.228 e. The van der Waals surface area contributed by atoms with E-state index in [4.69, 9.17) is 0 Å². The van der Waals surface area contributed by atoms with Gasteiger partial charge in [0.15, 0.2) is 0 Å². The molecule has 2 fully saturated rings. The zero-order chi connectivity index (χ0) is 17.8. The van der Waals surface area contributed by atoms with Crippen LogP contribution in [0.4, 0.5) is 5.69 Å². The summed E-state index contributed by atoms with van der Waals surface area (Å²) in [4.78, 5) is 30.5. The van der Waals surface area contributed by atoms with Gasteiger partial charge in [-0.1, -0.05) is 6.92 Å². The average molecular weight is 362 g/mol. The number of hydrogen-bond acceptors (Lipinski definition) is 4. The van der Waals surface area contributed by atoms with Crippen molar-refractivity contribution in [1.82, 2.24) is 10.2 Å². The molecule has 1 aromatic rings. The lowest BCUT2D eigenvalue weighted by Gasteiger charge is -2.30. The number of benzene rings is 1. The predicted molar refractivity (Wildman–Crippen MR) is 102 cm³/mol. The molecule has 25 heavy (non-hydrogen) atoms. The minimum Gasteiger partial charge on any atom is -0.338 e. The molecule has 2 atom stereocenters. The highest BCUT2D eigenvalue weighted by molar-refractivity contribution is 7.98. The van der Waals surface area contributed by atoms with E-state index in [1.165, 1.54) is 4.90 Å². The highest BCUT2D eigenvalue weighted by Gasteiger charge is 2.39. The van der Waals surface area contributed by atoms with Crippen LogP contribution in [0.5, 0.6) is 0 Å². The molecule has 0 aliphatic carbocycles. The molecule has 0 saturated carbocycles. The van der Waals surface area contributed by atoms with Crippen molar-refractivity contribution < 1.29 is 9.59 Å². The average Bonchev–Trinajstić information content (AvgIpc) is 3.29. The van der Waals surface area contributed by atoms with Crippen LogP contribution in [0, 0.1) is 5.92 Å². The van der Waals surface area contributed by atoms with Crippen LogP contribution in [0.15, 0.2) is 29.2 Å². The van der Waals surface area contributed by atoms with Crippen molar-refractivity contribution >= 4 is 29.3 Å². The van der Waals surface area contributed by atoms with Gasteiger partial charge < -0.3 is 15.1 Å². The van der Waals surface area contributed by atoms with E-state index in [1.54, 1.807) is 16.7 Å². The van der Waals surface area contributed by atoms with E-state index in [1.807, 2.05) is 35.4 Å². The predicted octanol–water partition coefficient (Wildman–Crippen LogP) is 2.36. The third-order valence-corrected chi connectivity index (χ3v) is 5.82. The van der Waals surface area contributed by atoms with Crippen LogP contribution in [0.1, 0.15) is 26.2 Å². The number of amides is 2. The number of thioether (sulfide) groups is 1. The number of carbonyl (C=O) groups excluding carboxylic acids is 2. The first-order valence-corrected chi connectivity index (χ1v) is 10.3. The molecule has 2 heterocycles. The fraction of sp³-hybridized carbons (Fsp3) is 0.579. The Labute approximate surface area is 154 Å². The molecule has 1 N–H and O–H groups in total. The lowest BCUT2D eigenvalue weighted by atomic mass is 10.0. The molecule has 136 valence electrons. The van der Waals surface area contributed by atoms with Crippen LogP contribution in [0.3, 0.4) is 0 Å². The van der Waals surface area contributed by atoms with E-state index in [0.29, 0.717) is 13.0 Å². The first-order valence-electron chi connectivity index (χ1n) is 9.09. The summed E-state index contributed by atoms with van der Waals surface area (Å²) in [7, 11) is 0. The summed E-state index contributed by atoms with van der Waals surface area (Å²) in [6, 6.07) is 8.27. The number of hydrogen-bond donors (Lipinski definition) is 1. The van der Waals surface area contributed by atoms with E-state index in [2.05, 4.69) is 12.2 Å². The van der Waals surface area contributed by atoms with Gasteiger partial charge in [-0.05, 0) is 49.9 Å². The molecular formula is C19H27N3O2S. The highest BCUT2D eigenvalue weighted by Crippen LogP contribution is 2.29. The molecule has 1 aromatic carbocycles. The van der Waals surface area contributed by atoms with Gasteiger partial charge in [0.25, 0.3) is 0 Å². The largest absolute Gasteiger partial charge is 0.338 e. The third kappa shape index (κ3) is 4.01. The topological polar surface area (TPSA) is 52.7 Å². The molecule has 2 unspecified atom stereocenters. The van der Waals surface area contributed by atoms with Gasteiger partial charge in [0.05, 0.1) is 5.92 Å². The number of anilines is 1.